The third-order valence-corrected chi connectivity index (χ3v) is 5.30. The molecule has 3 aromatic heterocycles. The van der Waals surface area contributed by atoms with Crippen molar-refractivity contribution in [1.82, 2.24) is 14.7 Å². The number of benzene rings is 1. The van der Waals surface area contributed by atoms with Crippen molar-refractivity contribution in [2.45, 2.75) is 34.2 Å². The predicted octanol–water partition coefficient (Wildman–Crippen LogP) is 5.90. The molecule has 4 rings (SSSR count). The molecule has 4 nitrogen and oxygen atoms in total. The van der Waals surface area contributed by atoms with E-state index in [9.17, 15) is 0 Å². The highest BCUT2D eigenvalue weighted by Crippen LogP contribution is 2.29. The maximum Gasteiger partial charge on any atom is 0.138 e. The first-order chi connectivity index (χ1) is 13.1. The standard InChI is InChI=1S/C23H23N3O.ClH/c1-15-17(3)26(14-21-16(2)25-27-18(21)4)23-20(15)12-13-24-22(23)11-10-19-8-6-5-7-9-19;/h5-13H,14H2,1-4H3;1H. The smallest absolute Gasteiger partial charge is 0.138 e. The molecule has 0 fully saturated rings. The highest BCUT2D eigenvalue weighted by molar-refractivity contribution is 5.92. The van der Waals surface area contributed by atoms with Crippen LogP contribution >= 0.6 is 12.4 Å². The summed E-state index contributed by atoms with van der Waals surface area (Å²) in [4.78, 5) is 4.66. The van der Waals surface area contributed by atoms with Gasteiger partial charge in [0.1, 0.15) is 5.76 Å². The van der Waals surface area contributed by atoms with Crippen LogP contribution in [0.4, 0.5) is 0 Å². The van der Waals surface area contributed by atoms with Crippen molar-refractivity contribution in [3.8, 4) is 0 Å². The molecule has 0 aliphatic carbocycles. The van der Waals surface area contributed by atoms with Crippen molar-refractivity contribution in [2.75, 3.05) is 0 Å². The van der Waals surface area contributed by atoms with Gasteiger partial charge in [-0.2, -0.15) is 0 Å². The summed E-state index contributed by atoms with van der Waals surface area (Å²) in [5.41, 5.74) is 7.89. The summed E-state index contributed by atoms with van der Waals surface area (Å²) in [5, 5.41) is 5.35. The Hall–Kier alpha value is -2.85. The molecule has 1 aromatic carbocycles. The number of nitrogens with zero attached hydrogens (tertiary/aromatic N) is 3. The zero-order chi connectivity index (χ0) is 19.0. The normalized spacial score (nSPS) is 11.3. The lowest BCUT2D eigenvalue weighted by atomic mass is 10.1. The van der Waals surface area contributed by atoms with E-state index in [4.69, 9.17) is 4.52 Å². The Bertz CT molecular complexity index is 1120. The quantitative estimate of drug-likeness (QED) is 0.433. The Morgan fingerprint density at radius 2 is 1.75 bits per heavy atom. The largest absolute Gasteiger partial charge is 0.361 e. The second-order valence-electron chi connectivity index (χ2n) is 6.94. The lowest BCUT2D eigenvalue weighted by Crippen LogP contribution is -2.05. The Labute approximate surface area is 171 Å². The van der Waals surface area contributed by atoms with Crippen LogP contribution in [0.25, 0.3) is 23.1 Å². The zero-order valence-corrected chi connectivity index (χ0v) is 17.4. The third-order valence-electron chi connectivity index (χ3n) is 5.30. The summed E-state index contributed by atoms with van der Waals surface area (Å²) >= 11 is 0. The average molecular weight is 394 g/mol. The minimum atomic E-state index is 0. The van der Waals surface area contributed by atoms with Gasteiger partial charge in [0.05, 0.1) is 23.4 Å². The number of pyridine rings is 1. The second kappa shape index (κ2) is 8.03. The first-order valence-electron chi connectivity index (χ1n) is 9.15. The van der Waals surface area contributed by atoms with Gasteiger partial charge in [-0.05, 0) is 51.0 Å². The van der Waals surface area contributed by atoms with Gasteiger partial charge in [0, 0.05) is 22.8 Å². The van der Waals surface area contributed by atoms with Gasteiger partial charge in [0.2, 0.25) is 0 Å². The van der Waals surface area contributed by atoms with E-state index in [0.717, 1.165) is 40.3 Å². The summed E-state index contributed by atoms with van der Waals surface area (Å²) in [6, 6.07) is 12.4. The summed E-state index contributed by atoms with van der Waals surface area (Å²) < 4.78 is 7.70. The van der Waals surface area contributed by atoms with E-state index in [1.165, 1.54) is 16.6 Å². The molecule has 0 saturated carbocycles. The van der Waals surface area contributed by atoms with Crippen LogP contribution in [-0.4, -0.2) is 14.7 Å². The molecule has 5 heteroatoms. The average Bonchev–Trinajstić information content (AvgIpc) is 3.13. The van der Waals surface area contributed by atoms with E-state index < -0.39 is 0 Å². The highest BCUT2D eigenvalue weighted by atomic mass is 35.5. The second-order valence-corrected chi connectivity index (χ2v) is 6.94. The molecule has 0 radical (unpaired) electrons. The van der Waals surface area contributed by atoms with Crippen LogP contribution in [-0.2, 0) is 6.54 Å². The first kappa shape index (κ1) is 19.9. The van der Waals surface area contributed by atoms with Crippen LogP contribution < -0.4 is 0 Å². The van der Waals surface area contributed by atoms with Gasteiger partial charge in [0.25, 0.3) is 0 Å². The minimum Gasteiger partial charge on any atom is -0.361 e. The molecule has 0 atom stereocenters. The van der Waals surface area contributed by atoms with Gasteiger partial charge in [-0.1, -0.05) is 41.6 Å². The van der Waals surface area contributed by atoms with Crippen LogP contribution in [0, 0.1) is 27.7 Å². The van der Waals surface area contributed by atoms with Gasteiger partial charge in [-0.3, -0.25) is 4.98 Å². The van der Waals surface area contributed by atoms with Gasteiger partial charge in [-0.15, -0.1) is 12.4 Å². The highest BCUT2D eigenvalue weighted by Gasteiger charge is 2.17. The number of halogens is 1. The monoisotopic (exact) mass is 393 g/mol. The van der Waals surface area contributed by atoms with Crippen molar-refractivity contribution < 1.29 is 4.52 Å². The number of aromatic nitrogens is 3. The van der Waals surface area contributed by atoms with Crippen LogP contribution in [0.3, 0.4) is 0 Å². The molecule has 0 unspecified atom stereocenters. The minimum absolute atomic E-state index is 0. The molecule has 3 heterocycles. The molecule has 4 aromatic rings. The number of hydrogen-bond donors (Lipinski definition) is 0. The van der Waals surface area contributed by atoms with Crippen LogP contribution in [0.2, 0.25) is 0 Å². The fraction of sp³-hybridized carbons (Fsp3) is 0.217. The molecule has 0 saturated heterocycles. The van der Waals surface area contributed by atoms with E-state index in [0.29, 0.717) is 0 Å². The van der Waals surface area contributed by atoms with Gasteiger partial charge in [-0.25, -0.2) is 0 Å². The summed E-state index contributed by atoms with van der Waals surface area (Å²) in [5.74, 6) is 0.872. The molecule has 0 N–H and O–H groups in total. The number of hydrogen-bond acceptors (Lipinski definition) is 3. The van der Waals surface area contributed by atoms with Gasteiger partial charge in [0.15, 0.2) is 0 Å². The van der Waals surface area contributed by atoms with E-state index in [1.54, 1.807) is 0 Å². The van der Waals surface area contributed by atoms with Crippen LogP contribution in [0.1, 0.15) is 39.5 Å². The predicted molar refractivity (Wildman–Crippen MR) is 117 cm³/mol. The Morgan fingerprint density at radius 3 is 2.43 bits per heavy atom. The topological polar surface area (TPSA) is 43.9 Å². The van der Waals surface area contributed by atoms with E-state index in [2.05, 4.69) is 58.9 Å². The van der Waals surface area contributed by atoms with Crippen molar-refractivity contribution in [3.63, 3.8) is 0 Å². The molecule has 144 valence electrons. The number of rotatable bonds is 4. The van der Waals surface area contributed by atoms with Crippen LogP contribution in [0.15, 0.2) is 47.1 Å². The molecule has 0 amide bonds. The Balaban J connectivity index is 0.00000225. The summed E-state index contributed by atoms with van der Waals surface area (Å²) in [6.07, 6.45) is 6.10. The molecular formula is C23H24ClN3O. The van der Waals surface area contributed by atoms with Crippen molar-refractivity contribution >= 4 is 35.5 Å². The van der Waals surface area contributed by atoms with Crippen molar-refractivity contribution in [2.24, 2.45) is 0 Å². The first-order valence-corrected chi connectivity index (χ1v) is 9.15. The molecule has 28 heavy (non-hydrogen) atoms. The molecule has 0 aliphatic rings. The lowest BCUT2D eigenvalue weighted by Gasteiger charge is -2.10. The number of fused-ring (bicyclic) bond motifs is 1. The van der Waals surface area contributed by atoms with E-state index >= 15 is 0 Å². The zero-order valence-electron chi connectivity index (χ0n) is 16.6. The van der Waals surface area contributed by atoms with Crippen molar-refractivity contribution in [1.29, 1.82) is 0 Å². The van der Waals surface area contributed by atoms with Crippen molar-refractivity contribution in [3.05, 3.63) is 82.1 Å². The summed E-state index contributed by atoms with van der Waals surface area (Å²) in [7, 11) is 0. The molecule has 0 aliphatic heterocycles. The number of aryl methyl sites for hydroxylation is 3. The summed E-state index contributed by atoms with van der Waals surface area (Å²) in [6.45, 7) is 9.03. The Kier molecular flexibility index (Phi) is 5.71. The van der Waals surface area contributed by atoms with Crippen LogP contribution in [0.5, 0.6) is 0 Å². The molecular weight excluding hydrogens is 370 g/mol. The third kappa shape index (κ3) is 3.48. The maximum absolute atomic E-state index is 5.37. The molecule has 0 bridgehead atoms. The maximum atomic E-state index is 5.37. The lowest BCUT2D eigenvalue weighted by molar-refractivity contribution is 0.392. The van der Waals surface area contributed by atoms with E-state index in [-0.39, 0.29) is 12.4 Å². The fourth-order valence-electron chi connectivity index (χ4n) is 3.57. The van der Waals surface area contributed by atoms with E-state index in [1.807, 2.05) is 38.2 Å². The SMILES string of the molecule is Cc1noc(C)c1Cn1c(C)c(C)c2ccnc(C=Cc3ccccc3)c21.Cl. The fourth-order valence-corrected chi connectivity index (χ4v) is 3.57. The van der Waals surface area contributed by atoms with Gasteiger partial charge < -0.3 is 9.09 Å². The van der Waals surface area contributed by atoms with Gasteiger partial charge >= 0.3 is 0 Å². The Morgan fingerprint density at radius 1 is 1.00 bits per heavy atom. The molecule has 0 spiro atoms.